The van der Waals surface area contributed by atoms with Gasteiger partial charge in [0.15, 0.2) is 0 Å². The highest BCUT2D eigenvalue weighted by Crippen LogP contribution is 2.22. The van der Waals surface area contributed by atoms with Crippen molar-refractivity contribution in [3.63, 3.8) is 0 Å². The largest absolute Gasteiger partial charge is 0.508 e. The maximum absolute atomic E-state index is 12.6. The Hall–Kier alpha value is -1.13. The maximum Gasteiger partial charge on any atom is 0.123 e. The monoisotopic (exact) mass is 171 g/mol. The molecule has 0 fully saturated rings. The summed E-state index contributed by atoms with van der Waals surface area (Å²) < 4.78 is 12.6. The molecule has 0 amide bonds. The highest BCUT2D eigenvalue weighted by Gasteiger charge is 2.10. The van der Waals surface area contributed by atoms with Crippen LogP contribution in [0.2, 0.25) is 0 Å². The number of aliphatic hydroxyl groups is 1. The van der Waals surface area contributed by atoms with Gasteiger partial charge in [-0.05, 0) is 18.2 Å². The molecule has 0 saturated carbocycles. The summed E-state index contributed by atoms with van der Waals surface area (Å²) in [5.74, 6) is -0.579. The van der Waals surface area contributed by atoms with E-state index < -0.39 is 11.9 Å². The molecule has 0 aliphatic heterocycles. The van der Waals surface area contributed by atoms with Crippen LogP contribution in [0.15, 0.2) is 18.2 Å². The molecule has 0 bridgehead atoms. The van der Waals surface area contributed by atoms with E-state index in [0.717, 1.165) is 12.1 Å². The van der Waals surface area contributed by atoms with Crippen molar-refractivity contribution < 1.29 is 14.6 Å². The lowest BCUT2D eigenvalue weighted by atomic mass is 10.1. The zero-order valence-corrected chi connectivity index (χ0v) is 6.37. The summed E-state index contributed by atoms with van der Waals surface area (Å²) in [4.78, 5) is 0. The third-order valence-corrected chi connectivity index (χ3v) is 1.59. The minimum Gasteiger partial charge on any atom is -0.508 e. The lowest BCUT2D eigenvalue weighted by molar-refractivity contribution is 0.265. The number of aromatic hydroxyl groups is 1. The van der Waals surface area contributed by atoms with Crippen LogP contribution in [0.4, 0.5) is 4.39 Å². The van der Waals surface area contributed by atoms with Crippen LogP contribution >= 0.6 is 0 Å². The van der Waals surface area contributed by atoms with Gasteiger partial charge in [0.25, 0.3) is 0 Å². The molecule has 0 aromatic heterocycles. The molecule has 0 saturated heterocycles. The summed E-state index contributed by atoms with van der Waals surface area (Å²) >= 11 is 0. The van der Waals surface area contributed by atoms with E-state index in [4.69, 9.17) is 10.8 Å². The number of hydrogen-bond acceptors (Lipinski definition) is 3. The van der Waals surface area contributed by atoms with E-state index in [1.807, 2.05) is 0 Å². The normalized spacial score (nSPS) is 12.9. The first-order chi connectivity index (χ1) is 5.65. The van der Waals surface area contributed by atoms with E-state index in [9.17, 15) is 9.50 Å². The van der Waals surface area contributed by atoms with Gasteiger partial charge in [-0.25, -0.2) is 4.39 Å². The van der Waals surface area contributed by atoms with Gasteiger partial charge in [-0.2, -0.15) is 0 Å². The highest BCUT2D eigenvalue weighted by molar-refractivity contribution is 5.34. The molecule has 0 unspecified atom stereocenters. The van der Waals surface area contributed by atoms with Crippen LogP contribution in [0.25, 0.3) is 0 Å². The molecule has 1 atom stereocenters. The number of hydrogen-bond donors (Lipinski definition) is 3. The number of aliphatic hydroxyl groups excluding tert-OH is 1. The first kappa shape index (κ1) is 8.96. The second-order valence-corrected chi connectivity index (χ2v) is 2.49. The molecule has 66 valence electrons. The van der Waals surface area contributed by atoms with Crippen molar-refractivity contribution in [3.05, 3.63) is 29.6 Å². The Morgan fingerprint density at radius 3 is 2.75 bits per heavy atom. The van der Waals surface area contributed by atoms with Crippen LogP contribution in [-0.4, -0.2) is 16.8 Å². The molecular formula is C8H10FNO2. The number of phenols is 1. The molecule has 1 rings (SSSR count). The Morgan fingerprint density at radius 1 is 1.50 bits per heavy atom. The molecule has 1 aromatic rings. The quantitative estimate of drug-likeness (QED) is 0.607. The van der Waals surface area contributed by atoms with Crippen molar-refractivity contribution >= 4 is 0 Å². The Morgan fingerprint density at radius 2 is 2.17 bits per heavy atom. The first-order valence-corrected chi connectivity index (χ1v) is 3.50. The minimum atomic E-state index is -0.735. The Bertz CT molecular complexity index is 278. The smallest absolute Gasteiger partial charge is 0.123 e. The van der Waals surface area contributed by atoms with Crippen LogP contribution in [-0.2, 0) is 0 Å². The molecule has 0 spiro atoms. The van der Waals surface area contributed by atoms with Crippen LogP contribution in [0.1, 0.15) is 11.6 Å². The van der Waals surface area contributed by atoms with Crippen molar-refractivity contribution in [1.82, 2.24) is 0 Å². The zero-order chi connectivity index (χ0) is 9.14. The van der Waals surface area contributed by atoms with E-state index in [1.165, 1.54) is 6.07 Å². The van der Waals surface area contributed by atoms with Gasteiger partial charge in [-0.3, -0.25) is 0 Å². The highest BCUT2D eigenvalue weighted by atomic mass is 19.1. The van der Waals surface area contributed by atoms with E-state index in [-0.39, 0.29) is 17.9 Å². The summed E-state index contributed by atoms with van der Waals surface area (Å²) in [5, 5.41) is 17.8. The summed E-state index contributed by atoms with van der Waals surface area (Å²) in [6, 6.07) is 2.71. The fourth-order valence-electron chi connectivity index (χ4n) is 0.921. The Labute approximate surface area is 69.3 Å². The first-order valence-electron chi connectivity index (χ1n) is 3.50. The van der Waals surface area contributed by atoms with E-state index in [1.54, 1.807) is 0 Å². The molecule has 1 aromatic carbocycles. The van der Waals surface area contributed by atoms with Gasteiger partial charge >= 0.3 is 0 Å². The van der Waals surface area contributed by atoms with Gasteiger partial charge in [-0.15, -0.1) is 0 Å². The summed E-state index contributed by atoms with van der Waals surface area (Å²) in [6.45, 7) is -0.322. The van der Waals surface area contributed by atoms with Crippen molar-refractivity contribution in [3.8, 4) is 5.75 Å². The van der Waals surface area contributed by atoms with Crippen LogP contribution in [0, 0.1) is 5.82 Å². The molecular weight excluding hydrogens is 161 g/mol. The minimum absolute atomic E-state index is 0.0991. The average molecular weight is 171 g/mol. The zero-order valence-electron chi connectivity index (χ0n) is 6.37. The summed E-state index contributed by atoms with van der Waals surface area (Å²) in [7, 11) is 0. The topological polar surface area (TPSA) is 66.5 Å². The lowest BCUT2D eigenvalue weighted by Crippen LogP contribution is -2.14. The van der Waals surface area contributed by atoms with Gasteiger partial charge in [0.2, 0.25) is 0 Å². The van der Waals surface area contributed by atoms with Gasteiger partial charge in [0.05, 0.1) is 12.6 Å². The van der Waals surface area contributed by atoms with Crippen molar-refractivity contribution in [2.45, 2.75) is 6.04 Å². The molecule has 4 N–H and O–H groups in total. The standard InChI is InChI=1S/C8H10FNO2/c9-5-1-2-8(12)6(3-5)7(10)4-11/h1-3,7,11-12H,4,10H2/t7-/m1/s1. The molecule has 12 heavy (non-hydrogen) atoms. The van der Waals surface area contributed by atoms with Crippen LogP contribution < -0.4 is 5.73 Å². The van der Waals surface area contributed by atoms with Crippen LogP contribution in [0.5, 0.6) is 5.75 Å². The van der Waals surface area contributed by atoms with Gasteiger partial charge in [0.1, 0.15) is 11.6 Å². The third-order valence-electron chi connectivity index (χ3n) is 1.59. The molecule has 0 heterocycles. The molecule has 0 aliphatic rings. The molecule has 0 aliphatic carbocycles. The van der Waals surface area contributed by atoms with Gasteiger partial charge < -0.3 is 15.9 Å². The lowest BCUT2D eigenvalue weighted by Gasteiger charge is -2.09. The van der Waals surface area contributed by atoms with Crippen molar-refractivity contribution in [2.24, 2.45) is 5.73 Å². The number of nitrogens with two attached hydrogens (primary N) is 1. The van der Waals surface area contributed by atoms with Gasteiger partial charge in [0, 0.05) is 5.56 Å². The number of phenolic OH excluding ortho intramolecular Hbond substituents is 1. The number of rotatable bonds is 2. The third kappa shape index (κ3) is 1.72. The summed E-state index contributed by atoms with van der Waals surface area (Å²) in [6.07, 6.45) is 0. The summed E-state index contributed by atoms with van der Waals surface area (Å²) in [5.41, 5.74) is 5.61. The van der Waals surface area contributed by atoms with Crippen LogP contribution in [0.3, 0.4) is 0 Å². The van der Waals surface area contributed by atoms with Crippen molar-refractivity contribution in [2.75, 3.05) is 6.61 Å². The molecule has 0 radical (unpaired) electrons. The fraction of sp³-hybridized carbons (Fsp3) is 0.250. The number of benzene rings is 1. The molecule has 4 heteroatoms. The SMILES string of the molecule is N[C@H](CO)c1cc(F)ccc1O. The predicted molar refractivity (Wildman–Crippen MR) is 42.1 cm³/mol. The predicted octanol–water partition coefficient (Wildman–Crippen LogP) is 0.523. The van der Waals surface area contributed by atoms with Gasteiger partial charge in [-0.1, -0.05) is 0 Å². The number of halogens is 1. The van der Waals surface area contributed by atoms with E-state index >= 15 is 0 Å². The Balaban J connectivity index is 3.04. The van der Waals surface area contributed by atoms with Crippen molar-refractivity contribution in [1.29, 1.82) is 0 Å². The molecule has 3 nitrogen and oxygen atoms in total. The Kier molecular flexibility index (Phi) is 2.62. The fourth-order valence-corrected chi connectivity index (χ4v) is 0.921. The second kappa shape index (κ2) is 3.51. The van der Waals surface area contributed by atoms with E-state index in [2.05, 4.69) is 0 Å². The second-order valence-electron chi connectivity index (χ2n) is 2.49. The van der Waals surface area contributed by atoms with E-state index in [0.29, 0.717) is 0 Å². The average Bonchev–Trinajstić information content (AvgIpc) is 2.08. The maximum atomic E-state index is 12.6.